The van der Waals surface area contributed by atoms with Crippen LogP contribution in [0.15, 0.2) is 36.4 Å². The van der Waals surface area contributed by atoms with Gasteiger partial charge in [-0.25, -0.2) is 9.59 Å². The number of methoxy groups -OCH3 is 4. The Balaban J connectivity index is 0.000000501. The molecule has 17 heteroatoms. The molecule has 2 aromatic rings. The van der Waals surface area contributed by atoms with Gasteiger partial charge >= 0.3 is 24.1 Å². The third kappa shape index (κ3) is 26.2. The Bertz CT molecular complexity index is 1930. The van der Waals surface area contributed by atoms with Gasteiger partial charge in [0.2, 0.25) is 0 Å². The largest absolute Gasteiger partial charge is 0.493 e. The van der Waals surface area contributed by atoms with Crippen molar-refractivity contribution in [2.45, 2.75) is 176 Å². The van der Waals surface area contributed by atoms with Crippen molar-refractivity contribution in [3.8, 4) is 23.0 Å². The lowest BCUT2D eigenvalue weighted by molar-refractivity contribution is -0.144. The van der Waals surface area contributed by atoms with E-state index >= 15 is 0 Å². The van der Waals surface area contributed by atoms with Gasteiger partial charge < -0.3 is 63.1 Å². The Labute approximate surface area is 436 Å². The second-order valence-corrected chi connectivity index (χ2v) is 21.2. The van der Waals surface area contributed by atoms with Gasteiger partial charge in [-0.05, 0) is 146 Å². The maximum atomic E-state index is 12.6. The summed E-state index contributed by atoms with van der Waals surface area (Å²) in [5.74, 6) is 3.05. The highest BCUT2D eigenvalue weighted by molar-refractivity contribution is 5.72. The number of ether oxygens (including phenoxy) is 10. The van der Waals surface area contributed by atoms with Gasteiger partial charge in [0, 0.05) is 53.1 Å². The highest BCUT2D eigenvalue weighted by Gasteiger charge is 2.36. The number of alkyl carbamates (subject to hydrolysis) is 2. The van der Waals surface area contributed by atoms with E-state index in [1.165, 1.54) is 0 Å². The van der Waals surface area contributed by atoms with Crippen molar-refractivity contribution in [2.75, 3.05) is 61.5 Å². The Hall–Kier alpha value is -5.00. The number of carbonyl (C=O) groups excluding carboxylic acids is 4. The van der Waals surface area contributed by atoms with Gasteiger partial charge in [-0.3, -0.25) is 9.59 Å². The number of rotatable bonds is 30. The van der Waals surface area contributed by atoms with Gasteiger partial charge in [-0.15, -0.1) is 0 Å². The highest BCUT2D eigenvalue weighted by atomic mass is 16.6. The van der Waals surface area contributed by atoms with E-state index in [1.54, 1.807) is 56.1 Å². The van der Waals surface area contributed by atoms with Crippen molar-refractivity contribution >= 4 is 24.1 Å². The number of hydrogen-bond acceptors (Lipinski definition) is 15. The fourth-order valence-corrected chi connectivity index (χ4v) is 8.20. The molecule has 17 nitrogen and oxygen atoms in total. The first-order valence-corrected chi connectivity index (χ1v) is 26.0. The van der Waals surface area contributed by atoms with Gasteiger partial charge in [-0.1, -0.05) is 39.8 Å². The number of esters is 2. The van der Waals surface area contributed by atoms with Crippen LogP contribution in [-0.2, 0) is 50.9 Å². The summed E-state index contributed by atoms with van der Waals surface area (Å²) < 4.78 is 54.5. The number of nitrogens with one attached hydrogen (secondary N) is 2. The zero-order valence-corrected chi connectivity index (χ0v) is 46.9. The number of cyclic esters (lactones) is 1. The first kappa shape index (κ1) is 64.1. The zero-order chi connectivity index (χ0) is 54.7. The standard InChI is InChI=1S/C29H49NO8.C27H43NO7/c1-9-36-27(32)14-12-24(31)23(30-28(33)38-29(4,5)6)19-22(20(2)3)17-21-11-13-25(35-8)26(18-21)37-16-10-15-34-7;1-18(2)20(15-19-9-10-23(32-7)24(16-19)33-14-8-13-31-6)17-21(22-11-12-25(29)34-22)28-26(30)35-27(3,4)5/h11,13,18,20,22-24,31H,9-10,12,14-17,19H2,1-8H3,(H,30,33);9-10,16,18,20-22H,8,11-15,17H2,1-7H3,(H,28,30)/t22-,23-,24-;20-,21-,22-/m00/s1. The van der Waals surface area contributed by atoms with Gasteiger partial charge in [0.15, 0.2) is 23.0 Å². The molecule has 3 rings (SSSR count). The molecule has 0 aromatic heterocycles. The SMILES string of the molecule is CCOC(=O)CC[C@H](O)[C@H](C[C@H](Cc1ccc(OC)c(OCCCOC)c1)C(C)C)NC(=O)OC(C)(C)C.COCCCOc1cc(C[C@@H](C[C@H](NC(=O)OC(C)(C)C)[C@@H]2CCC(=O)O2)C(C)C)ccc1OC. The first-order chi connectivity index (χ1) is 34.4. The van der Waals surface area contributed by atoms with Gasteiger partial charge in [0.05, 0.1) is 52.2 Å². The molecule has 3 N–H and O–H groups in total. The summed E-state index contributed by atoms with van der Waals surface area (Å²) in [7, 11) is 6.57. The Morgan fingerprint density at radius 3 is 1.59 bits per heavy atom. The highest BCUT2D eigenvalue weighted by Crippen LogP contribution is 2.34. The van der Waals surface area contributed by atoms with Crippen LogP contribution in [0.5, 0.6) is 23.0 Å². The molecule has 1 aliphatic heterocycles. The quantitative estimate of drug-likeness (QED) is 0.0378. The lowest BCUT2D eigenvalue weighted by Gasteiger charge is -2.31. The van der Waals surface area contributed by atoms with Crippen molar-refractivity contribution in [3.63, 3.8) is 0 Å². The summed E-state index contributed by atoms with van der Waals surface area (Å²) in [6.45, 7) is 23.7. The fraction of sp³-hybridized carbons (Fsp3) is 0.714. The summed E-state index contributed by atoms with van der Waals surface area (Å²) in [4.78, 5) is 48.9. The maximum absolute atomic E-state index is 12.6. The van der Waals surface area contributed by atoms with Gasteiger partial charge in [-0.2, -0.15) is 0 Å². The van der Waals surface area contributed by atoms with Crippen LogP contribution in [0.1, 0.15) is 139 Å². The Kier molecular flexibility index (Phi) is 29.0. The molecule has 416 valence electrons. The lowest BCUT2D eigenvalue weighted by atomic mass is 9.82. The number of aliphatic hydroxyl groups excluding tert-OH is 1. The molecule has 2 aromatic carbocycles. The molecule has 1 aliphatic rings. The van der Waals surface area contributed by atoms with Gasteiger partial charge in [0.1, 0.15) is 17.3 Å². The molecule has 0 aliphatic carbocycles. The summed E-state index contributed by atoms with van der Waals surface area (Å²) in [5.41, 5.74) is 0.889. The fourth-order valence-electron chi connectivity index (χ4n) is 8.20. The monoisotopic (exact) mass is 1030 g/mol. The molecule has 0 radical (unpaired) electrons. The van der Waals surface area contributed by atoms with Crippen LogP contribution in [0.2, 0.25) is 0 Å². The molecular formula is C56H92N2O15. The number of carbonyl (C=O) groups is 4. The van der Waals surface area contributed by atoms with Crippen molar-refractivity contribution in [1.29, 1.82) is 0 Å². The topological polar surface area (TPSA) is 205 Å². The second kappa shape index (κ2) is 33.0. The summed E-state index contributed by atoms with van der Waals surface area (Å²) in [6.07, 6.45) is 2.99. The van der Waals surface area contributed by atoms with Crippen molar-refractivity contribution in [1.82, 2.24) is 10.6 Å². The average molecular weight is 1030 g/mol. The van der Waals surface area contributed by atoms with E-state index in [4.69, 9.17) is 47.4 Å². The Morgan fingerprint density at radius 1 is 0.699 bits per heavy atom. The van der Waals surface area contributed by atoms with Crippen molar-refractivity contribution in [3.05, 3.63) is 47.5 Å². The smallest absolute Gasteiger partial charge is 0.408 e. The van der Waals surface area contributed by atoms with Crippen molar-refractivity contribution in [2.24, 2.45) is 23.7 Å². The van der Waals surface area contributed by atoms with Crippen LogP contribution in [0.4, 0.5) is 9.59 Å². The second-order valence-electron chi connectivity index (χ2n) is 21.2. The average Bonchev–Trinajstić information content (AvgIpc) is 3.75. The molecule has 1 heterocycles. The van der Waals surface area contributed by atoms with Crippen LogP contribution in [0, 0.1) is 23.7 Å². The molecule has 0 saturated carbocycles. The van der Waals surface area contributed by atoms with Gasteiger partial charge in [0.25, 0.3) is 0 Å². The van der Waals surface area contributed by atoms with Crippen LogP contribution in [-0.4, -0.2) is 126 Å². The van der Waals surface area contributed by atoms with Crippen LogP contribution < -0.4 is 29.6 Å². The van der Waals surface area contributed by atoms with E-state index in [1.807, 2.05) is 57.2 Å². The molecule has 0 bridgehead atoms. The molecule has 0 unspecified atom stereocenters. The molecule has 2 amide bonds. The molecule has 1 fully saturated rings. The normalized spacial score (nSPS) is 15.7. The summed E-state index contributed by atoms with van der Waals surface area (Å²) in [6, 6.07) is 10.9. The van der Waals surface area contributed by atoms with E-state index < -0.39 is 35.5 Å². The lowest BCUT2D eigenvalue weighted by Crippen LogP contribution is -2.47. The van der Waals surface area contributed by atoms with Crippen molar-refractivity contribution < 1.29 is 71.7 Å². The maximum Gasteiger partial charge on any atom is 0.408 e. The summed E-state index contributed by atoms with van der Waals surface area (Å²) >= 11 is 0. The third-order valence-corrected chi connectivity index (χ3v) is 12.1. The number of amides is 2. The number of aliphatic hydroxyl groups is 1. The molecule has 6 atom stereocenters. The van der Waals surface area contributed by atoms with Crippen LogP contribution >= 0.6 is 0 Å². The summed E-state index contributed by atoms with van der Waals surface area (Å²) in [5, 5.41) is 16.8. The van der Waals surface area contributed by atoms with E-state index in [0.29, 0.717) is 87.4 Å². The van der Waals surface area contributed by atoms with E-state index in [0.717, 1.165) is 30.4 Å². The molecular weight excluding hydrogens is 941 g/mol. The van der Waals surface area contributed by atoms with E-state index in [9.17, 15) is 24.3 Å². The molecule has 0 spiro atoms. The zero-order valence-electron chi connectivity index (χ0n) is 46.9. The molecule has 73 heavy (non-hydrogen) atoms. The first-order valence-electron chi connectivity index (χ1n) is 26.0. The van der Waals surface area contributed by atoms with Crippen LogP contribution in [0.3, 0.4) is 0 Å². The van der Waals surface area contributed by atoms with Crippen LogP contribution in [0.25, 0.3) is 0 Å². The molecule has 1 saturated heterocycles. The van der Waals surface area contributed by atoms with E-state index in [-0.39, 0.29) is 61.3 Å². The minimum absolute atomic E-state index is 0.0656. The minimum Gasteiger partial charge on any atom is -0.493 e. The minimum atomic E-state index is -0.941. The predicted octanol–water partition coefficient (Wildman–Crippen LogP) is 9.83. The predicted molar refractivity (Wildman–Crippen MR) is 281 cm³/mol. The number of hydrogen-bond donors (Lipinski definition) is 3. The third-order valence-electron chi connectivity index (χ3n) is 12.1. The number of benzene rings is 2. The Morgan fingerprint density at radius 2 is 1.18 bits per heavy atom. The van der Waals surface area contributed by atoms with E-state index in [2.05, 4.69) is 38.3 Å².